The largest absolute Gasteiger partial charge is 0.495 e. The van der Waals surface area contributed by atoms with Crippen LogP contribution in [0.4, 0.5) is 17.5 Å². The molecule has 8 heteroatoms. The smallest absolute Gasteiger partial charge is 0.229 e. The molecule has 1 aliphatic carbocycles. The Morgan fingerprint density at radius 1 is 1.03 bits per heavy atom. The van der Waals surface area contributed by atoms with E-state index in [4.69, 9.17) is 9.72 Å². The standard InChI is InChI=1S/C22H27N7O/c1-30-18-14-24-17-13-26-22(28-21(17)20(18)15-4-2-3-5-15)27-19-7-6-16(12-25-19)29-10-8-23-9-11-29/h6-7,12-15,23H,2-5,8-11H2,1H3,(H,25,26,27,28). The number of nitrogens with zero attached hydrogens (tertiary/aromatic N) is 5. The van der Waals surface area contributed by atoms with Gasteiger partial charge in [0.15, 0.2) is 0 Å². The highest BCUT2D eigenvalue weighted by atomic mass is 16.5. The summed E-state index contributed by atoms with van der Waals surface area (Å²) in [6, 6.07) is 4.07. The van der Waals surface area contributed by atoms with Crippen molar-refractivity contribution in [3.05, 3.63) is 36.3 Å². The molecule has 3 aromatic heterocycles. The monoisotopic (exact) mass is 405 g/mol. The van der Waals surface area contributed by atoms with Crippen molar-refractivity contribution in [3.8, 4) is 5.75 Å². The number of nitrogens with one attached hydrogen (secondary N) is 2. The second kappa shape index (κ2) is 8.39. The number of hydrogen-bond donors (Lipinski definition) is 2. The molecule has 30 heavy (non-hydrogen) atoms. The predicted octanol–water partition coefficient (Wildman–Crippen LogP) is 3.24. The van der Waals surface area contributed by atoms with E-state index >= 15 is 0 Å². The van der Waals surface area contributed by atoms with E-state index in [1.165, 1.54) is 12.8 Å². The first-order valence-corrected chi connectivity index (χ1v) is 10.7. The van der Waals surface area contributed by atoms with Gasteiger partial charge in [-0.1, -0.05) is 12.8 Å². The fourth-order valence-corrected chi connectivity index (χ4v) is 4.50. The maximum Gasteiger partial charge on any atom is 0.229 e. The maximum absolute atomic E-state index is 5.63. The number of methoxy groups -OCH3 is 1. The Kier molecular flexibility index (Phi) is 5.31. The number of hydrogen-bond acceptors (Lipinski definition) is 8. The van der Waals surface area contributed by atoms with E-state index in [0.29, 0.717) is 11.9 Å². The van der Waals surface area contributed by atoms with Crippen LogP contribution in [0, 0.1) is 0 Å². The van der Waals surface area contributed by atoms with Gasteiger partial charge in [-0.2, -0.15) is 0 Å². The SMILES string of the molecule is COc1cnc2cnc(Nc3ccc(N4CCNCC4)cn3)nc2c1C1CCCC1. The molecular weight excluding hydrogens is 378 g/mol. The lowest BCUT2D eigenvalue weighted by Crippen LogP contribution is -2.43. The third-order valence-electron chi connectivity index (χ3n) is 6.06. The summed E-state index contributed by atoms with van der Waals surface area (Å²) in [5, 5.41) is 6.62. The van der Waals surface area contributed by atoms with Crippen molar-refractivity contribution >= 4 is 28.5 Å². The minimum atomic E-state index is 0.463. The first kappa shape index (κ1) is 19.0. The summed E-state index contributed by atoms with van der Waals surface area (Å²) in [5.74, 6) is 2.54. The van der Waals surface area contributed by atoms with Gasteiger partial charge in [-0.3, -0.25) is 0 Å². The first-order chi connectivity index (χ1) is 14.8. The van der Waals surface area contributed by atoms with Crippen LogP contribution in [-0.4, -0.2) is 53.2 Å². The van der Waals surface area contributed by atoms with Gasteiger partial charge in [0, 0.05) is 31.7 Å². The second-order valence-electron chi connectivity index (χ2n) is 7.91. The summed E-state index contributed by atoms with van der Waals surface area (Å²) < 4.78 is 5.63. The molecule has 0 amide bonds. The van der Waals surface area contributed by atoms with Crippen LogP contribution < -0.4 is 20.3 Å². The van der Waals surface area contributed by atoms with Crippen LogP contribution in [0.25, 0.3) is 11.0 Å². The normalized spacial score (nSPS) is 17.4. The number of pyridine rings is 2. The quantitative estimate of drug-likeness (QED) is 0.669. The van der Waals surface area contributed by atoms with Gasteiger partial charge in [-0.15, -0.1) is 0 Å². The van der Waals surface area contributed by atoms with Crippen molar-refractivity contribution in [2.24, 2.45) is 0 Å². The van der Waals surface area contributed by atoms with Gasteiger partial charge in [0.05, 0.1) is 31.4 Å². The van der Waals surface area contributed by atoms with Crippen molar-refractivity contribution in [3.63, 3.8) is 0 Å². The van der Waals surface area contributed by atoms with Gasteiger partial charge in [0.1, 0.15) is 22.6 Å². The zero-order chi connectivity index (χ0) is 20.3. The zero-order valence-electron chi connectivity index (χ0n) is 17.3. The summed E-state index contributed by atoms with van der Waals surface area (Å²) in [4.78, 5) is 20.7. The summed E-state index contributed by atoms with van der Waals surface area (Å²) in [6.07, 6.45) is 10.3. The van der Waals surface area contributed by atoms with Crippen LogP contribution in [0.5, 0.6) is 5.75 Å². The molecule has 5 rings (SSSR count). The number of anilines is 3. The molecule has 0 aromatic carbocycles. The van der Waals surface area contributed by atoms with Crippen LogP contribution in [0.2, 0.25) is 0 Å². The zero-order valence-corrected chi connectivity index (χ0v) is 17.3. The highest BCUT2D eigenvalue weighted by molar-refractivity contribution is 5.81. The molecule has 4 heterocycles. The van der Waals surface area contributed by atoms with Gasteiger partial charge >= 0.3 is 0 Å². The van der Waals surface area contributed by atoms with Crippen LogP contribution in [0.3, 0.4) is 0 Å². The Balaban J connectivity index is 1.42. The molecule has 0 bridgehead atoms. The third kappa shape index (κ3) is 3.75. The molecule has 0 spiro atoms. The van der Waals surface area contributed by atoms with E-state index in [1.54, 1.807) is 19.5 Å². The van der Waals surface area contributed by atoms with E-state index < -0.39 is 0 Å². The second-order valence-corrected chi connectivity index (χ2v) is 7.91. The third-order valence-corrected chi connectivity index (χ3v) is 6.06. The minimum absolute atomic E-state index is 0.463. The molecule has 156 valence electrons. The number of fused-ring (bicyclic) bond motifs is 1. The van der Waals surface area contributed by atoms with Gasteiger partial charge in [-0.25, -0.2) is 19.9 Å². The van der Waals surface area contributed by atoms with Crippen LogP contribution in [0.15, 0.2) is 30.7 Å². The van der Waals surface area contributed by atoms with Crippen molar-refractivity contribution in [2.45, 2.75) is 31.6 Å². The Hall–Kier alpha value is -3.00. The highest BCUT2D eigenvalue weighted by Crippen LogP contribution is 2.41. The number of piperazine rings is 1. The molecule has 3 aromatic rings. The summed E-state index contributed by atoms with van der Waals surface area (Å²) in [6.45, 7) is 4.01. The molecule has 2 N–H and O–H groups in total. The Labute approximate surface area is 176 Å². The lowest BCUT2D eigenvalue weighted by molar-refractivity contribution is 0.404. The fraction of sp³-hybridized carbons (Fsp3) is 0.455. The molecule has 1 aliphatic heterocycles. The minimum Gasteiger partial charge on any atom is -0.495 e. The molecule has 0 unspecified atom stereocenters. The molecule has 1 saturated heterocycles. The van der Waals surface area contributed by atoms with E-state index in [2.05, 4.69) is 36.6 Å². The Morgan fingerprint density at radius 3 is 2.60 bits per heavy atom. The predicted molar refractivity (Wildman–Crippen MR) is 118 cm³/mol. The van der Waals surface area contributed by atoms with Crippen molar-refractivity contribution in [1.82, 2.24) is 25.3 Å². The molecule has 2 aliphatic rings. The molecule has 0 radical (unpaired) electrons. The molecular formula is C22H27N7O. The van der Waals surface area contributed by atoms with Gasteiger partial charge in [-0.05, 0) is 30.9 Å². The number of aromatic nitrogens is 4. The topological polar surface area (TPSA) is 88.1 Å². The van der Waals surface area contributed by atoms with Gasteiger partial charge < -0.3 is 20.3 Å². The van der Waals surface area contributed by atoms with Crippen LogP contribution in [0.1, 0.15) is 37.2 Å². The maximum atomic E-state index is 5.63. The Bertz CT molecular complexity index is 1010. The molecule has 0 atom stereocenters. The lowest BCUT2D eigenvalue weighted by atomic mass is 9.96. The fourth-order valence-electron chi connectivity index (χ4n) is 4.50. The summed E-state index contributed by atoms with van der Waals surface area (Å²) in [5.41, 5.74) is 3.97. The van der Waals surface area contributed by atoms with E-state index in [9.17, 15) is 0 Å². The van der Waals surface area contributed by atoms with Crippen LogP contribution >= 0.6 is 0 Å². The first-order valence-electron chi connectivity index (χ1n) is 10.7. The molecule has 1 saturated carbocycles. The summed E-state index contributed by atoms with van der Waals surface area (Å²) >= 11 is 0. The Morgan fingerprint density at radius 2 is 1.87 bits per heavy atom. The van der Waals surface area contributed by atoms with E-state index in [-0.39, 0.29) is 0 Å². The molecule has 8 nitrogen and oxygen atoms in total. The lowest BCUT2D eigenvalue weighted by Gasteiger charge is -2.29. The van der Waals surface area contributed by atoms with Gasteiger partial charge in [0.2, 0.25) is 5.95 Å². The summed E-state index contributed by atoms with van der Waals surface area (Å²) in [7, 11) is 1.70. The van der Waals surface area contributed by atoms with Crippen molar-refractivity contribution in [1.29, 1.82) is 0 Å². The molecule has 2 fully saturated rings. The highest BCUT2D eigenvalue weighted by Gasteiger charge is 2.24. The van der Waals surface area contributed by atoms with E-state index in [1.807, 2.05) is 12.3 Å². The van der Waals surface area contributed by atoms with E-state index in [0.717, 1.165) is 72.9 Å². The van der Waals surface area contributed by atoms with Crippen molar-refractivity contribution in [2.75, 3.05) is 43.5 Å². The number of rotatable bonds is 5. The van der Waals surface area contributed by atoms with Gasteiger partial charge in [0.25, 0.3) is 0 Å². The average Bonchev–Trinajstić information content (AvgIpc) is 3.34. The number of ether oxygens (including phenoxy) is 1. The van der Waals surface area contributed by atoms with Crippen LogP contribution in [-0.2, 0) is 0 Å². The average molecular weight is 406 g/mol. The van der Waals surface area contributed by atoms with Crippen molar-refractivity contribution < 1.29 is 4.74 Å².